The van der Waals surface area contributed by atoms with E-state index < -0.39 is 0 Å². The zero-order valence-electron chi connectivity index (χ0n) is 10.9. The van der Waals surface area contributed by atoms with E-state index >= 15 is 0 Å². The quantitative estimate of drug-likeness (QED) is 0.580. The molecule has 0 radical (unpaired) electrons. The number of hydrogen-bond acceptors (Lipinski definition) is 5. The van der Waals surface area contributed by atoms with E-state index in [4.69, 9.17) is 5.84 Å². The summed E-state index contributed by atoms with van der Waals surface area (Å²) in [6, 6.07) is 3.63. The summed E-state index contributed by atoms with van der Waals surface area (Å²) in [7, 11) is 0. The molecule has 1 aromatic carbocycles. The van der Waals surface area contributed by atoms with Crippen LogP contribution in [0.4, 0.5) is 16.0 Å². The monoisotopic (exact) mass is 261 g/mol. The van der Waals surface area contributed by atoms with E-state index in [0.717, 1.165) is 5.56 Å². The molecule has 0 aliphatic carbocycles. The van der Waals surface area contributed by atoms with Crippen LogP contribution in [0.1, 0.15) is 16.7 Å². The Bertz CT molecular complexity index is 562. The highest BCUT2D eigenvalue weighted by Gasteiger charge is 2.04. The van der Waals surface area contributed by atoms with Crippen LogP contribution in [0.15, 0.2) is 24.5 Å². The number of aromatic nitrogens is 2. The first-order valence-corrected chi connectivity index (χ1v) is 5.88. The van der Waals surface area contributed by atoms with Gasteiger partial charge in [0.1, 0.15) is 11.6 Å². The first kappa shape index (κ1) is 13.2. The SMILES string of the molecule is Cc1cc(CNc2cncc(NN)n2)cc(C)c1F. The highest BCUT2D eigenvalue weighted by atomic mass is 19.1. The van der Waals surface area contributed by atoms with Gasteiger partial charge in [-0.05, 0) is 30.5 Å². The Balaban J connectivity index is 2.10. The van der Waals surface area contributed by atoms with Crippen LogP contribution in [0.25, 0.3) is 0 Å². The van der Waals surface area contributed by atoms with Crippen molar-refractivity contribution in [2.24, 2.45) is 5.84 Å². The lowest BCUT2D eigenvalue weighted by Gasteiger charge is -2.09. The van der Waals surface area contributed by atoms with Gasteiger partial charge in [0, 0.05) is 6.54 Å². The molecule has 19 heavy (non-hydrogen) atoms. The van der Waals surface area contributed by atoms with E-state index in [0.29, 0.717) is 29.3 Å². The third-order valence-corrected chi connectivity index (χ3v) is 2.75. The maximum absolute atomic E-state index is 13.5. The van der Waals surface area contributed by atoms with Gasteiger partial charge in [-0.3, -0.25) is 4.98 Å². The van der Waals surface area contributed by atoms with E-state index in [2.05, 4.69) is 20.7 Å². The normalized spacial score (nSPS) is 10.3. The Morgan fingerprint density at radius 2 is 1.79 bits per heavy atom. The molecule has 0 amide bonds. The number of hydrogen-bond donors (Lipinski definition) is 3. The minimum absolute atomic E-state index is 0.155. The number of rotatable bonds is 4. The molecule has 0 bridgehead atoms. The van der Waals surface area contributed by atoms with Crippen molar-refractivity contribution in [1.82, 2.24) is 9.97 Å². The minimum Gasteiger partial charge on any atom is -0.365 e. The molecule has 5 nitrogen and oxygen atoms in total. The van der Waals surface area contributed by atoms with Crippen LogP contribution in [0, 0.1) is 19.7 Å². The summed E-state index contributed by atoms with van der Waals surface area (Å²) < 4.78 is 13.5. The largest absolute Gasteiger partial charge is 0.365 e. The van der Waals surface area contributed by atoms with E-state index in [1.807, 2.05) is 12.1 Å². The molecule has 0 aliphatic rings. The molecular weight excluding hydrogens is 245 g/mol. The molecule has 4 N–H and O–H groups in total. The molecule has 100 valence electrons. The van der Waals surface area contributed by atoms with Crippen LogP contribution in [-0.2, 0) is 6.54 Å². The molecule has 0 fully saturated rings. The van der Waals surface area contributed by atoms with E-state index in [1.54, 1.807) is 20.0 Å². The van der Waals surface area contributed by atoms with Crippen LogP contribution >= 0.6 is 0 Å². The Morgan fingerprint density at radius 1 is 1.16 bits per heavy atom. The van der Waals surface area contributed by atoms with Crippen LogP contribution < -0.4 is 16.6 Å². The van der Waals surface area contributed by atoms with Crippen molar-refractivity contribution in [2.45, 2.75) is 20.4 Å². The summed E-state index contributed by atoms with van der Waals surface area (Å²) in [6.07, 6.45) is 3.13. The van der Waals surface area contributed by atoms with E-state index in [9.17, 15) is 4.39 Å². The number of nitrogens with zero attached hydrogens (tertiary/aromatic N) is 2. The molecule has 0 saturated heterocycles. The minimum atomic E-state index is -0.155. The van der Waals surface area contributed by atoms with Crippen molar-refractivity contribution in [1.29, 1.82) is 0 Å². The molecular formula is C13H16FN5. The lowest BCUT2D eigenvalue weighted by atomic mass is 10.1. The van der Waals surface area contributed by atoms with Gasteiger partial charge in [0.05, 0.1) is 12.4 Å². The predicted molar refractivity (Wildman–Crippen MR) is 73.0 cm³/mol. The summed E-state index contributed by atoms with van der Waals surface area (Å²) in [5.74, 6) is 6.20. The van der Waals surface area contributed by atoms with Crippen LogP contribution in [-0.4, -0.2) is 9.97 Å². The summed E-state index contributed by atoms with van der Waals surface area (Å²) in [5.41, 5.74) is 4.70. The van der Waals surface area contributed by atoms with Crippen molar-refractivity contribution < 1.29 is 4.39 Å². The summed E-state index contributed by atoms with van der Waals surface area (Å²) in [6.45, 7) is 4.06. The molecule has 2 rings (SSSR count). The number of nitrogen functional groups attached to an aromatic ring is 1. The third kappa shape index (κ3) is 3.17. The summed E-state index contributed by atoms with van der Waals surface area (Å²) >= 11 is 0. The molecule has 1 heterocycles. The molecule has 0 saturated carbocycles. The highest BCUT2D eigenvalue weighted by Crippen LogP contribution is 2.16. The van der Waals surface area contributed by atoms with Crippen molar-refractivity contribution >= 4 is 11.6 Å². The molecule has 0 atom stereocenters. The lowest BCUT2D eigenvalue weighted by molar-refractivity contribution is 0.608. The standard InChI is InChI=1S/C13H16FN5/c1-8-3-10(4-9(2)13(8)14)5-17-11-6-16-7-12(18-11)19-15/h3-4,6-7H,5,15H2,1-2H3,(H2,17,18,19). The van der Waals surface area contributed by atoms with Crippen molar-refractivity contribution in [2.75, 3.05) is 10.7 Å². The number of benzene rings is 1. The zero-order valence-corrected chi connectivity index (χ0v) is 10.9. The highest BCUT2D eigenvalue weighted by molar-refractivity contribution is 5.41. The number of hydrazine groups is 1. The molecule has 1 aromatic heterocycles. The van der Waals surface area contributed by atoms with Crippen LogP contribution in [0.2, 0.25) is 0 Å². The Labute approximate surface area is 111 Å². The topological polar surface area (TPSA) is 75.9 Å². The number of anilines is 2. The van der Waals surface area contributed by atoms with Gasteiger partial charge < -0.3 is 10.7 Å². The molecule has 0 spiro atoms. The van der Waals surface area contributed by atoms with E-state index in [-0.39, 0.29) is 5.82 Å². The van der Waals surface area contributed by atoms with Gasteiger partial charge in [0.15, 0.2) is 5.82 Å². The van der Waals surface area contributed by atoms with Crippen molar-refractivity contribution in [3.63, 3.8) is 0 Å². The van der Waals surface area contributed by atoms with Gasteiger partial charge >= 0.3 is 0 Å². The fraction of sp³-hybridized carbons (Fsp3) is 0.231. The Hall–Kier alpha value is -2.21. The van der Waals surface area contributed by atoms with Crippen molar-refractivity contribution in [3.05, 3.63) is 47.0 Å². The summed E-state index contributed by atoms with van der Waals surface area (Å²) in [5, 5.41) is 3.12. The molecule has 0 unspecified atom stereocenters. The number of nitrogens with two attached hydrogens (primary N) is 1. The average Bonchev–Trinajstić information content (AvgIpc) is 2.42. The smallest absolute Gasteiger partial charge is 0.160 e. The van der Waals surface area contributed by atoms with Gasteiger partial charge in [-0.2, -0.15) is 0 Å². The van der Waals surface area contributed by atoms with Crippen molar-refractivity contribution in [3.8, 4) is 0 Å². The molecule has 6 heteroatoms. The number of nitrogens with one attached hydrogen (secondary N) is 2. The van der Waals surface area contributed by atoms with Gasteiger partial charge in [0.2, 0.25) is 0 Å². The second-order valence-electron chi connectivity index (χ2n) is 4.33. The van der Waals surface area contributed by atoms with Gasteiger partial charge in [0.25, 0.3) is 0 Å². The fourth-order valence-electron chi connectivity index (χ4n) is 1.85. The van der Waals surface area contributed by atoms with E-state index in [1.165, 1.54) is 6.20 Å². The maximum atomic E-state index is 13.5. The van der Waals surface area contributed by atoms with Crippen LogP contribution in [0.5, 0.6) is 0 Å². The number of halogens is 1. The Kier molecular flexibility index (Phi) is 3.91. The second kappa shape index (κ2) is 5.62. The first-order valence-electron chi connectivity index (χ1n) is 5.88. The van der Waals surface area contributed by atoms with Gasteiger partial charge in [-0.25, -0.2) is 15.2 Å². The Morgan fingerprint density at radius 3 is 2.42 bits per heavy atom. The number of aryl methyl sites for hydroxylation is 2. The third-order valence-electron chi connectivity index (χ3n) is 2.75. The first-order chi connectivity index (χ1) is 9.10. The van der Waals surface area contributed by atoms with Crippen LogP contribution in [0.3, 0.4) is 0 Å². The molecule has 0 aliphatic heterocycles. The summed E-state index contributed by atoms with van der Waals surface area (Å²) in [4.78, 5) is 8.17. The maximum Gasteiger partial charge on any atom is 0.160 e. The van der Waals surface area contributed by atoms with Gasteiger partial charge in [-0.15, -0.1) is 0 Å². The average molecular weight is 261 g/mol. The fourth-order valence-corrected chi connectivity index (χ4v) is 1.85. The van der Waals surface area contributed by atoms with Gasteiger partial charge in [-0.1, -0.05) is 12.1 Å². The zero-order chi connectivity index (χ0) is 13.8. The lowest BCUT2D eigenvalue weighted by Crippen LogP contribution is -2.10. The second-order valence-corrected chi connectivity index (χ2v) is 4.33. The molecule has 2 aromatic rings. The predicted octanol–water partition coefficient (Wildman–Crippen LogP) is 2.13.